The fourth-order valence-electron chi connectivity index (χ4n) is 2.17. The smallest absolute Gasteiger partial charge is 0.287 e. The number of hydrogen-bond donors (Lipinski definition) is 1. The third-order valence-electron chi connectivity index (χ3n) is 3.24. The summed E-state index contributed by atoms with van der Waals surface area (Å²) >= 11 is 0. The Bertz CT molecular complexity index is 826. The van der Waals surface area contributed by atoms with Crippen LogP contribution >= 0.6 is 0 Å². The van der Waals surface area contributed by atoms with E-state index in [-0.39, 0.29) is 11.7 Å². The zero-order valence-electron chi connectivity index (χ0n) is 12.3. The zero-order chi connectivity index (χ0) is 15.5. The van der Waals surface area contributed by atoms with Crippen molar-refractivity contribution < 1.29 is 13.9 Å². The van der Waals surface area contributed by atoms with Gasteiger partial charge in [0.25, 0.3) is 5.91 Å². The summed E-state index contributed by atoms with van der Waals surface area (Å²) in [6.07, 6.45) is 1.48. The van der Waals surface area contributed by atoms with Gasteiger partial charge in [-0.05, 0) is 25.1 Å². The van der Waals surface area contributed by atoms with Gasteiger partial charge < -0.3 is 14.5 Å². The molecule has 0 unspecified atom stereocenters. The molecule has 3 aromatic rings. The molecular formula is C16H15N3O3. The van der Waals surface area contributed by atoms with Gasteiger partial charge in [0.15, 0.2) is 17.1 Å². The lowest BCUT2D eigenvalue weighted by Crippen LogP contribution is -2.22. The van der Waals surface area contributed by atoms with Crippen LogP contribution in [0.5, 0.6) is 5.75 Å². The Balaban J connectivity index is 1.77. The standard InChI is InChI=1S/C16H15N3O3/c1-10-6-12(19-9-18-10)8-17-16(20)14-7-11-4-3-5-13(21-2)15(11)22-14/h3-7,9H,8H2,1-2H3,(H,17,20). The highest BCUT2D eigenvalue weighted by Gasteiger charge is 2.14. The van der Waals surface area contributed by atoms with Crippen LogP contribution in [0.25, 0.3) is 11.0 Å². The number of carbonyl (C=O) groups is 1. The first-order valence-corrected chi connectivity index (χ1v) is 6.79. The van der Waals surface area contributed by atoms with E-state index in [4.69, 9.17) is 9.15 Å². The van der Waals surface area contributed by atoms with Crippen LogP contribution in [-0.4, -0.2) is 23.0 Å². The van der Waals surface area contributed by atoms with Crippen LogP contribution in [-0.2, 0) is 6.54 Å². The average molecular weight is 297 g/mol. The number of aromatic nitrogens is 2. The first-order chi connectivity index (χ1) is 10.7. The van der Waals surface area contributed by atoms with Gasteiger partial charge in [-0.15, -0.1) is 0 Å². The normalized spacial score (nSPS) is 10.6. The molecule has 0 aliphatic rings. The number of rotatable bonds is 4. The van der Waals surface area contributed by atoms with Crippen LogP contribution in [0.2, 0.25) is 0 Å². The topological polar surface area (TPSA) is 77.2 Å². The number of amides is 1. The minimum atomic E-state index is -0.297. The molecule has 0 aliphatic heterocycles. The highest BCUT2D eigenvalue weighted by molar-refractivity contribution is 5.97. The maximum Gasteiger partial charge on any atom is 0.287 e. The van der Waals surface area contributed by atoms with Gasteiger partial charge in [-0.25, -0.2) is 9.97 Å². The molecule has 2 aromatic heterocycles. The molecule has 0 aliphatic carbocycles. The Labute approximate surface area is 127 Å². The molecular weight excluding hydrogens is 282 g/mol. The van der Waals surface area contributed by atoms with Gasteiger partial charge in [0.2, 0.25) is 0 Å². The molecule has 0 spiro atoms. The number of fused-ring (bicyclic) bond motifs is 1. The summed E-state index contributed by atoms with van der Waals surface area (Å²) < 4.78 is 10.8. The molecule has 0 fully saturated rings. The number of nitrogens with one attached hydrogen (secondary N) is 1. The van der Waals surface area contributed by atoms with Gasteiger partial charge in [0.05, 0.1) is 19.3 Å². The quantitative estimate of drug-likeness (QED) is 0.800. The summed E-state index contributed by atoms with van der Waals surface area (Å²) in [5.74, 6) is 0.544. The monoisotopic (exact) mass is 297 g/mol. The number of aryl methyl sites for hydroxylation is 1. The zero-order valence-corrected chi connectivity index (χ0v) is 12.3. The first kappa shape index (κ1) is 14.1. The molecule has 1 aromatic carbocycles. The van der Waals surface area contributed by atoms with Gasteiger partial charge in [-0.2, -0.15) is 0 Å². The molecule has 0 radical (unpaired) electrons. The molecule has 2 heterocycles. The van der Waals surface area contributed by atoms with Crippen molar-refractivity contribution in [2.24, 2.45) is 0 Å². The summed E-state index contributed by atoms with van der Waals surface area (Å²) in [4.78, 5) is 20.3. The number of ether oxygens (including phenoxy) is 1. The Morgan fingerprint density at radius 2 is 2.18 bits per heavy atom. The summed E-state index contributed by atoms with van der Waals surface area (Å²) in [5, 5.41) is 3.60. The third kappa shape index (κ3) is 2.76. The molecule has 6 heteroatoms. The van der Waals surface area contributed by atoms with Crippen molar-refractivity contribution in [2.45, 2.75) is 13.5 Å². The average Bonchev–Trinajstić information content (AvgIpc) is 2.96. The maximum atomic E-state index is 12.2. The van der Waals surface area contributed by atoms with Crippen LogP contribution < -0.4 is 10.1 Å². The SMILES string of the molecule is COc1cccc2cc(C(=O)NCc3cc(C)ncn3)oc12. The Morgan fingerprint density at radius 3 is 2.95 bits per heavy atom. The summed E-state index contributed by atoms with van der Waals surface area (Å²) in [6.45, 7) is 2.19. The van der Waals surface area contributed by atoms with Gasteiger partial charge in [-0.3, -0.25) is 4.79 Å². The molecule has 1 amide bonds. The van der Waals surface area contributed by atoms with Gasteiger partial charge in [-0.1, -0.05) is 12.1 Å². The number of benzene rings is 1. The van der Waals surface area contributed by atoms with Crippen LogP contribution in [0.15, 0.2) is 41.1 Å². The number of methoxy groups -OCH3 is 1. The molecule has 0 saturated carbocycles. The van der Waals surface area contributed by atoms with Gasteiger partial charge in [0.1, 0.15) is 6.33 Å². The molecule has 3 rings (SSSR count). The first-order valence-electron chi connectivity index (χ1n) is 6.79. The lowest BCUT2D eigenvalue weighted by atomic mass is 10.2. The van der Waals surface area contributed by atoms with E-state index in [1.807, 2.05) is 25.1 Å². The number of para-hydroxylation sites is 1. The van der Waals surface area contributed by atoms with E-state index in [9.17, 15) is 4.79 Å². The van der Waals surface area contributed by atoms with Crippen LogP contribution in [0.4, 0.5) is 0 Å². The van der Waals surface area contributed by atoms with Crippen molar-refractivity contribution in [3.63, 3.8) is 0 Å². The van der Waals surface area contributed by atoms with E-state index < -0.39 is 0 Å². The predicted molar refractivity (Wildman–Crippen MR) is 80.7 cm³/mol. The largest absolute Gasteiger partial charge is 0.493 e. The van der Waals surface area contributed by atoms with Crippen molar-refractivity contribution >= 4 is 16.9 Å². The van der Waals surface area contributed by atoms with Crippen molar-refractivity contribution in [3.05, 3.63) is 53.8 Å². The number of carbonyl (C=O) groups excluding carboxylic acids is 1. The molecule has 0 saturated heterocycles. The third-order valence-corrected chi connectivity index (χ3v) is 3.24. The summed E-state index contributed by atoms with van der Waals surface area (Å²) in [5.41, 5.74) is 2.16. The van der Waals surface area contributed by atoms with Crippen LogP contribution in [0, 0.1) is 6.92 Å². The molecule has 1 N–H and O–H groups in total. The number of furan rings is 1. The Morgan fingerprint density at radius 1 is 1.32 bits per heavy atom. The van der Waals surface area contributed by atoms with Crippen LogP contribution in [0.1, 0.15) is 21.9 Å². The lowest BCUT2D eigenvalue weighted by molar-refractivity contribution is 0.0924. The van der Waals surface area contributed by atoms with E-state index in [2.05, 4.69) is 15.3 Å². The van der Waals surface area contributed by atoms with E-state index in [0.29, 0.717) is 17.9 Å². The molecule has 22 heavy (non-hydrogen) atoms. The Hall–Kier alpha value is -2.89. The summed E-state index contributed by atoms with van der Waals surface area (Å²) in [7, 11) is 1.56. The Kier molecular flexibility index (Phi) is 3.74. The second kappa shape index (κ2) is 5.85. The van der Waals surface area contributed by atoms with E-state index >= 15 is 0 Å². The van der Waals surface area contributed by atoms with Gasteiger partial charge in [0, 0.05) is 11.1 Å². The lowest BCUT2D eigenvalue weighted by Gasteiger charge is -2.03. The molecule has 0 bridgehead atoms. The second-order valence-electron chi connectivity index (χ2n) is 4.82. The van der Waals surface area contributed by atoms with Gasteiger partial charge >= 0.3 is 0 Å². The predicted octanol–water partition coefficient (Wildman–Crippen LogP) is 2.47. The van der Waals surface area contributed by atoms with E-state index in [1.165, 1.54) is 6.33 Å². The van der Waals surface area contributed by atoms with E-state index in [1.54, 1.807) is 19.2 Å². The second-order valence-corrected chi connectivity index (χ2v) is 4.82. The highest BCUT2D eigenvalue weighted by atomic mass is 16.5. The van der Waals surface area contributed by atoms with Crippen molar-refractivity contribution in [1.82, 2.24) is 15.3 Å². The van der Waals surface area contributed by atoms with Crippen molar-refractivity contribution in [3.8, 4) is 5.75 Å². The molecule has 0 atom stereocenters. The van der Waals surface area contributed by atoms with Crippen molar-refractivity contribution in [2.75, 3.05) is 7.11 Å². The van der Waals surface area contributed by atoms with Crippen LogP contribution in [0.3, 0.4) is 0 Å². The fourth-order valence-corrected chi connectivity index (χ4v) is 2.17. The maximum absolute atomic E-state index is 12.2. The van der Waals surface area contributed by atoms with E-state index in [0.717, 1.165) is 16.8 Å². The minimum absolute atomic E-state index is 0.241. The summed E-state index contributed by atoms with van der Waals surface area (Å²) in [6, 6.07) is 9.02. The highest BCUT2D eigenvalue weighted by Crippen LogP contribution is 2.28. The number of hydrogen-bond acceptors (Lipinski definition) is 5. The fraction of sp³-hybridized carbons (Fsp3) is 0.188. The molecule has 112 valence electrons. The van der Waals surface area contributed by atoms with Crippen molar-refractivity contribution in [1.29, 1.82) is 0 Å². The number of nitrogens with zero attached hydrogens (tertiary/aromatic N) is 2. The molecule has 6 nitrogen and oxygen atoms in total. The minimum Gasteiger partial charge on any atom is -0.493 e.